The Morgan fingerprint density at radius 3 is 2.65 bits per heavy atom. The van der Waals surface area contributed by atoms with E-state index in [0.717, 1.165) is 25.2 Å². The van der Waals surface area contributed by atoms with Crippen LogP contribution in [-0.4, -0.2) is 34.2 Å². The number of nitrogens with zero attached hydrogens (tertiary/aromatic N) is 2. The second kappa shape index (κ2) is 5.64. The van der Waals surface area contributed by atoms with Crippen molar-refractivity contribution in [1.29, 1.82) is 0 Å². The highest BCUT2D eigenvalue weighted by Crippen LogP contribution is 2.30. The standard InChI is InChI=1S/C16H20N2OS/c1-11-16(20-10-17-11)14-5-3-13(4-6-14)12(2)18-8-7-15(19)9-18/h3-6,10,12,15,19H,7-9H2,1-2H3/t12-,15-/m0/s1. The minimum absolute atomic E-state index is 0.156. The van der Waals surface area contributed by atoms with Crippen molar-refractivity contribution in [3.8, 4) is 10.4 Å². The van der Waals surface area contributed by atoms with E-state index in [1.54, 1.807) is 11.3 Å². The maximum atomic E-state index is 9.65. The van der Waals surface area contributed by atoms with Crippen LogP contribution in [0.15, 0.2) is 29.8 Å². The van der Waals surface area contributed by atoms with Crippen LogP contribution in [0.1, 0.15) is 30.6 Å². The largest absolute Gasteiger partial charge is 0.392 e. The van der Waals surface area contributed by atoms with E-state index < -0.39 is 0 Å². The van der Waals surface area contributed by atoms with Crippen LogP contribution in [0.2, 0.25) is 0 Å². The van der Waals surface area contributed by atoms with Gasteiger partial charge in [0.1, 0.15) is 0 Å². The van der Waals surface area contributed by atoms with Gasteiger partial charge in [-0.3, -0.25) is 4.90 Å². The summed E-state index contributed by atoms with van der Waals surface area (Å²) in [4.78, 5) is 7.90. The Kier molecular flexibility index (Phi) is 3.87. The van der Waals surface area contributed by atoms with Crippen molar-refractivity contribution >= 4 is 11.3 Å². The summed E-state index contributed by atoms with van der Waals surface area (Å²) in [5.74, 6) is 0. The molecule has 20 heavy (non-hydrogen) atoms. The van der Waals surface area contributed by atoms with Gasteiger partial charge in [-0.25, -0.2) is 4.98 Å². The summed E-state index contributed by atoms with van der Waals surface area (Å²) in [6.45, 7) is 6.04. The summed E-state index contributed by atoms with van der Waals surface area (Å²) < 4.78 is 0. The van der Waals surface area contributed by atoms with Crippen LogP contribution < -0.4 is 0 Å². The number of likely N-dealkylation sites (tertiary alicyclic amines) is 1. The number of benzene rings is 1. The summed E-state index contributed by atoms with van der Waals surface area (Å²) >= 11 is 1.69. The molecule has 0 aliphatic carbocycles. The average Bonchev–Trinajstić information content (AvgIpc) is 3.07. The highest BCUT2D eigenvalue weighted by atomic mass is 32.1. The molecule has 0 amide bonds. The van der Waals surface area contributed by atoms with E-state index in [0.29, 0.717) is 6.04 Å². The number of aryl methyl sites for hydroxylation is 1. The topological polar surface area (TPSA) is 36.4 Å². The summed E-state index contributed by atoms with van der Waals surface area (Å²) in [6, 6.07) is 9.12. The summed E-state index contributed by atoms with van der Waals surface area (Å²) in [6.07, 6.45) is 0.735. The van der Waals surface area contributed by atoms with E-state index in [1.165, 1.54) is 16.0 Å². The van der Waals surface area contributed by atoms with E-state index in [1.807, 2.05) is 12.4 Å². The maximum Gasteiger partial charge on any atom is 0.0801 e. The first-order valence-electron chi connectivity index (χ1n) is 7.07. The van der Waals surface area contributed by atoms with Crippen molar-refractivity contribution in [2.45, 2.75) is 32.4 Å². The average molecular weight is 288 g/mol. The highest BCUT2D eigenvalue weighted by molar-refractivity contribution is 7.13. The van der Waals surface area contributed by atoms with E-state index in [-0.39, 0.29) is 6.10 Å². The Morgan fingerprint density at radius 2 is 2.10 bits per heavy atom. The van der Waals surface area contributed by atoms with Crippen LogP contribution in [0.3, 0.4) is 0 Å². The third-order valence-electron chi connectivity index (χ3n) is 4.14. The molecule has 106 valence electrons. The van der Waals surface area contributed by atoms with Crippen LogP contribution in [0.4, 0.5) is 0 Å². The van der Waals surface area contributed by atoms with Gasteiger partial charge in [0, 0.05) is 19.1 Å². The fourth-order valence-electron chi connectivity index (χ4n) is 2.82. The minimum atomic E-state index is -0.156. The third kappa shape index (κ3) is 2.64. The number of aliphatic hydroxyl groups excluding tert-OH is 1. The maximum absolute atomic E-state index is 9.65. The molecular formula is C16H20N2OS. The van der Waals surface area contributed by atoms with Gasteiger partial charge in [0.2, 0.25) is 0 Å². The molecule has 1 aliphatic rings. The van der Waals surface area contributed by atoms with Crippen LogP contribution in [0.25, 0.3) is 10.4 Å². The first kappa shape index (κ1) is 13.7. The Labute approximate surface area is 123 Å². The quantitative estimate of drug-likeness (QED) is 0.942. The molecule has 1 saturated heterocycles. The summed E-state index contributed by atoms with van der Waals surface area (Å²) in [5, 5.41) is 9.65. The van der Waals surface area contributed by atoms with Gasteiger partial charge in [-0.15, -0.1) is 11.3 Å². The molecular weight excluding hydrogens is 268 g/mol. The molecule has 3 nitrogen and oxygen atoms in total. The first-order valence-corrected chi connectivity index (χ1v) is 7.95. The SMILES string of the molecule is Cc1ncsc1-c1ccc([C@H](C)N2CC[C@H](O)C2)cc1. The lowest BCUT2D eigenvalue weighted by molar-refractivity contribution is 0.163. The predicted octanol–water partition coefficient (Wildman–Crippen LogP) is 3.25. The molecule has 1 N–H and O–H groups in total. The van der Waals surface area contributed by atoms with Crippen molar-refractivity contribution in [3.63, 3.8) is 0 Å². The number of thiazole rings is 1. The third-order valence-corrected chi connectivity index (χ3v) is 5.12. The van der Waals surface area contributed by atoms with Gasteiger partial charge in [0.25, 0.3) is 0 Å². The Balaban J connectivity index is 1.78. The lowest BCUT2D eigenvalue weighted by atomic mass is 10.0. The van der Waals surface area contributed by atoms with Crippen molar-refractivity contribution in [3.05, 3.63) is 41.0 Å². The van der Waals surface area contributed by atoms with Gasteiger partial charge < -0.3 is 5.11 Å². The molecule has 1 fully saturated rings. The van der Waals surface area contributed by atoms with Crippen molar-refractivity contribution < 1.29 is 5.11 Å². The predicted molar refractivity (Wildman–Crippen MR) is 82.9 cm³/mol. The van der Waals surface area contributed by atoms with Crippen LogP contribution >= 0.6 is 11.3 Å². The lowest BCUT2D eigenvalue weighted by Gasteiger charge is -2.24. The molecule has 1 aromatic heterocycles. The van der Waals surface area contributed by atoms with Gasteiger partial charge in [0.15, 0.2) is 0 Å². The van der Waals surface area contributed by atoms with Gasteiger partial charge in [0.05, 0.1) is 22.2 Å². The molecule has 3 rings (SSSR count). The number of β-amino-alcohol motifs (C(OH)–C–C–N with tert-alkyl or cyclic N) is 1. The minimum Gasteiger partial charge on any atom is -0.392 e. The molecule has 0 radical (unpaired) electrons. The molecule has 0 spiro atoms. The number of aromatic nitrogens is 1. The summed E-state index contributed by atoms with van der Waals surface area (Å²) in [5.41, 5.74) is 5.54. The Hall–Kier alpha value is -1.23. The fraction of sp³-hybridized carbons (Fsp3) is 0.438. The van der Waals surface area contributed by atoms with E-state index >= 15 is 0 Å². The van der Waals surface area contributed by atoms with Crippen LogP contribution in [-0.2, 0) is 0 Å². The number of hydrogen-bond donors (Lipinski definition) is 1. The zero-order chi connectivity index (χ0) is 14.1. The zero-order valence-electron chi connectivity index (χ0n) is 11.9. The molecule has 2 aromatic rings. The molecule has 2 atom stereocenters. The van der Waals surface area contributed by atoms with Crippen LogP contribution in [0.5, 0.6) is 0 Å². The molecule has 0 saturated carbocycles. The van der Waals surface area contributed by atoms with E-state index in [4.69, 9.17) is 0 Å². The Morgan fingerprint density at radius 1 is 1.35 bits per heavy atom. The first-order chi connectivity index (χ1) is 9.65. The lowest BCUT2D eigenvalue weighted by Crippen LogP contribution is -2.25. The number of aliphatic hydroxyl groups is 1. The molecule has 1 aliphatic heterocycles. The van der Waals surface area contributed by atoms with Crippen molar-refractivity contribution in [1.82, 2.24) is 9.88 Å². The van der Waals surface area contributed by atoms with Gasteiger partial charge in [-0.2, -0.15) is 0 Å². The highest BCUT2D eigenvalue weighted by Gasteiger charge is 2.25. The number of hydrogen-bond acceptors (Lipinski definition) is 4. The second-order valence-corrected chi connectivity index (χ2v) is 6.36. The molecule has 2 heterocycles. The molecule has 4 heteroatoms. The van der Waals surface area contributed by atoms with Gasteiger partial charge in [-0.05, 0) is 31.4 Å². The van der Waals surface area contributed by atoms with Crippen LogP contribution in [0, 0.1) is 6.92 Å². The normalized spacial score (nSPS) is 21.2. The monoisotopic (exact) mass is 288 g/mol. The molecule has 0 unspecified atom stereocenters. The van der Waals surface area contributed by atoms with Gasteiger partial charge in [-0.1, -0.05) is 24.3 Å². The fourth-order valence-corrected chi connectivity index (χ4v) is 3.63. The second-order valence-electron chi connectivity index (χ2n) is 5.50. The van der Waals surface area contributed by atoms with Gasteiger partial charge >= 0.3 is 0 Å². The van der Waals surface area contributed by atoms with Crippen molar-refractivity contribution in [2.75, 3.05) is 13.1 Å². The van der Waals surface area contributed by atoms with Crippen molar-refractivity contribution in [2.24, 2.45) is 0 Å². The zero-order valence-corrected chi connectivity index (χ0v) is 12.7. The smallest absolute Gasteiger partial charge is 0.0801 e. The summed E-state index contributed by atoms with van der Waals surface area (Å²) in [7, 11) is 0. The Bertz CT molecular complexity index is 578. The van der Waals surface area contributed by atoms with E-state index in [9.17, 15) is 5.11 Å². The molecule has 0 bridgehead atoms. The number of rotatable bonds is 3. The van der Waals surface area contributed by atoms with E-state index in [2.05, 4.69) is 41.1 Å². The molecule has 1 aromatic carbocycles.